The monoisotopic (exact) mass is 680 g/mol. The molecule has 0 radical (unpaired) electrons. The molecule has 0 aliphatic carbocycles. The average Bonchev–Trinajstić information content (AvgIpc) is 3.39. The quantitative estimate of drug-likeness (QED) is 0.106. The van der Waals surface area contributed by atoms with Crippen molar-refractivity contribution < 1.29 is 31.9 Å². The van der Waals surface area contributed by atoms with E-state index in [1.165, 1.54) is 11.7 Å². The largest absolute Gasteiger partial charge is 0.462 e. The van der Waals surface area contributed by atoms with Crippen molar-refractivity contribution in [2.75, 3.05) is 31.4 Å². The SMILES string of the molecule is CCCCc1nc(C)c(C(=O)OCC)c(=O)n1Cc1ccc(-c2ccccc2S(=O)(=O)N(COC)c2noc(C)c2C)c(COCC)c1. The third kappa shape index (κ3) is 7.69. The molecule has 2 aromatic carbocycles. The molecule has 2 aromatic heterocycles. The van der Waals surface area contributed by atoms with Crippen molar-refractivity contribution in [3.8, 4) is 11.1 Å². The number of methoxy groups -OCH3 is 1. The van der Waals surface area contributed by atoms with Gasteiger partial charge in [0.1, 0.15) is 23.9 Å². The summed E-state index contributed by atoms with van der Waals surface area (Å²) in [6.45, 7) is 11.3. The van der Waals surface area contributed by atoms with Crippen LogP contribution in [0.15, 0.2) is 56.7 Å². The first kappa shape index (κ1) is 36.5. The molecule has 0 atom stereocenters. The van der Waals surface area contributed by atoms with Gasteiger partial charge in [0.15, 0.2) is 5.82 Å². The lowest BCUT2D eigenvalue weighted by Crippen LogP contribution is -2.34. The standard InChI is InChI=1S/C35H44N4O8S/c1-8-11-16-31-36-24(5)32(35(41)46-10-3)34(40)38(31)20-26-17-18-28(27(19-26)21-45-9-2)29-14-12-13-15-30(29)48(42,43)39(22-44-7)33-23(4)25(6)47-37-33/h12-15,17-19H,8-11,16,20-22H2,1-7H3. The molecule has 0 spiro atoms. The van der Waals surface area contributed by atoms with Crippen molar-refractivity contribution in [1.29, 1.82) is 0 Å². The molecule has 0 amide bonds. The number of sulfonamides is 1. The zero-order valence-electron chi connectivity index (χ0n) is 28.7. The molecule has 0 aliphatic heterocycles. The van der Waals surface area contributed by atoms with Crippen molar-refractivity contribution >= 4 is 21.8 Å². The van der Waals surface area contributed by atoms with Crippen molar-refractivity contribution in [2.24, 2.45) is 0 Å². The number of carbonyl (C=O) groups is 1. The van der Waals surface area contributed by atoms with Gasteiger partial charge < -0.3 is 18.7 Å². The summed E-state index contributed by atoms with van der Waals surface area (Å²) in [5, 5.41) is 4.01. The van der Waals surface area contributed by atoms with E-state index in [1.807, 2.05) is 25.1 Å². The Kier molecular flexibility index (Phi) is 12.3. The summed E-state index contributed by atoms with van der Waals surface area (Å²) in [5.74, 6) is 0.523. The van der Waals surface area contributed by atoms with E-state index in [-0.39, 0.29) is 42.8 Å². The Labute approximate surface area is 281 Å². The van der Waals surface area contributed by atoms with Crippen LogP contribution in [0, 0.1) is 20.8 Å². The highest BCUT2D eigenvalue weighted by molar-refractivity contribution is 7.93. The van der Waals surface area contributed by atoms with Crippen LogP contribution in [0.3, 0.4) is 0 Å². The third-order valence-electron chi connectivity index (χ3n) is 8.00. The number of esters is 1. The number of ether oxygens (including phenoxy) is 3. The molecule has 2 heterocycles. The van der Waals surface area contributed by atoms with Gasteiger partial charge in [-0.3, -0.25) is 9.36 Å². The molecular formula is C35H44N4O8S. The van der Waals surface area contributed by atoms with Gasteiger partial charge in [0.25, 0.3) is 15.6 Å². The Hall–Kier alpha value is -4.33. The zero-order chi connectivity index (χ0) is 35.0. The molecule has 0 bridgehead atoms. The molecule has 258 valence electrons. The smallest absolute Gasteiger partial charge is 0.345 e. The van der Waals surface area contributed by atoms with Crippen molar-refractivity contribution in [1.82, 2.24) is 14.7 Å². The maximum absolute atomic E-state index is 14.3. The second-order valence-corrected chi connectivity index (χ2v) is 13.1. The minimum Gasteiger partial charge on any atom is -0.462 e. The molecule has 0 N–H and O–H groups in total. The van der Waals surface area contributed by atoms with Crippen molar-refractivity contribution in [3.63, 3.8) is 0 Å². The fraction of sp³-hybridized carbons (Fsp3) is 0.429. The summed E-state index contributed by atoms with van der Waals surface area (Å²) in [6, 6.07) is 12.3. The summed E-state index contributed by atoms with van der Waals surface area (Å²) in [5.41, 5.74) is 2.95. The number of aryl methyl sites for hydroxylation is 3. The normalized spacial score (nSPS) is 11.6. The Morgan fingerprint density at radius 3 is 2.42 bits per heavy atom. The minimum atomic E-state index is -4.19. The Bertz CT molecular complexity index is 1920. The maximum Gasteiger partial charge on any atom is 0.345 e. The maximum atomic E-state index is 14.3. The van der Waals surface area contributed by atoms with Gasteiger partial charge in [0.2, 0.25) is 0 Å². The third-order valence-corrected chi connectivity index (χ3v) is 9.77. The van der Waals surface area contributed by atoms with Crippen LogP contribution in [0.2, 0.25) is 0 Å². The van der Waals surface area contributed by atoms with Gasteiger partial charge in [-0.25, -0.2) is 22.5 Å². The number of nitrogens with zero attached hydrogens (tertiary/aromatic N) is 4. The number of hydrogen-bond donors (Lipinski definition) is 0. The molecule has 0 saturated heterocycles. The first-order chi connectivity index (χ1) is 23.0. The highest BCUT2D eigenvalue weighted by Gasteiger charge is 2.32. The summed E-state index contributed by atoms with van der Waals surface area (Å²) in [6.07, 6.45) is 2.28. The lowest BCUT2D eigenvalue weighted by Gasteiger charge is -2.23. The van der Waals surface area contributed by atoms with E-state index in [9.17, 15) is 18.0 Å². The molecule has 4 rings (SSSR count). The predicted molar refractivity (Wildman–Crippen MR) is 182 cm³/mol. The highest BCUT2D eigenvalue weighted by atomic mass is 32.2. The van der Waals surface area contributed by atoms with Gasteiger partial charge in [0.05, 0.1) is 30.3 Å². The summed E-state index contributed by atoms with van der Waals surface area (Å²) in [4.78, 5) is 31.2. The molecule has 0 unspecified atom stereocenters. The van der Waals surface area contributed by atoms with Gasteiger partial charge in [-0.1, -0.05) is 54.9 Å². The van der Waals surface area contributed by atoms with Crippen LogP contribution in [0.1, 0.15) is 77.9 Å². The number of rotatable bonds is 16. The van der Waals surface area contributed by atoms with E-state index in [4.69, 9.17) is 18.7 Å². The number of aromatic nitrogens is 3. The fourth-order valence-corrected chi connectivity index (χ4v) is 6.99. The van der Waals surface area contributed by atoms with Crippen molar-refractivity contribution in [2.45, 2.75) is 78.9 Å². The zero-order valence-corrected chi connectivity index (χ0v) is 29.5. The first-order valence-corrected chi connectivity index (χ1v) is 17.4. The van der Waals surface area contributed by atoms with Crippen LogP contribution in [-0.2, 0) is 43.8 Å². The van der Waals surface area contributed by atoms with Gasteiger partial charge >= 0.3 is 5.97 Å². The Balaban J connectivity index is 1.85. The second kappa shape index (κ2) is 16.2. The van der Waals surface area contributed by atoms with Crippen LogP contribution < -0.4 is 9.86 Å². The lowest BCUT2D eigenvalue weighted by atomic mass is 9.97. The van der Waals surface area contributed by atoms with Gasteiger partial charge in [-0.2, -0.15) is 0 Å². The molecule has 48 heavy (non-hydrogen) atoms. The van der Waals surface area contributed by atoms with Crippen LogP contribution in [0.4, 0.5) is 5.82 Å². The Morgan fingerprint density at radius 1 is 1.02 bits per heavy atom. The fourth-order valence-electron chi connectivity index (χ4n) is 5.40. The van der Waals surface area contributed by atoms with E-state index in [0.717, 1.165) is 28.3 Å². The van der Waals surface area contributed by atoms with Crippen LogP contribution >= 0.6 is 0 Å². The number of unbranched alkanes of at least 4 members (excludes halogenated alkanes) is 1. The van der Waals surface area contributed by atoms with E-state index in [2.05, 4.69) is 17.1 Å². The minimum absolute atomic E-state index is 0.0486. The Morgan fingerprint density at radius 2 is 1.77 bits per heavy atom. The second-order valence-electron chi connectivity index (χ2n) is 11.3. The van der Waals surface area contributed by atoms with E-state index < -0.39 is 21.6 Å². The van der Waals surface area contributed by atoms with E-state index >= 15 is 0 Å². The molecule has 4 aromatic rings. The number of hydrogen-bond acceptors (Lipinski definition) is 10. The van der Waals surface area contributed by atoms with Gasteiger partial charge in [0, 0.05) is 31.3 Å². The molecule has 0 saturated carbocycles. The number of anilines is 1. The van der Waals surface area contributed by atoms with Crippen LogP contribution in [0.25, 0.3) is 11.1 Å². The highest BCUT2D eigenvalue weighted by Crippen LogP contribution is 2.35. The van der Waals surface area contributed by atoms with Gasteiger partial charge in [-0.15, -0.1) is 0 Å². The van der Waals surface area contributed by atoms with E-state index in [1.54, 1.807) is 52.0 Å². The summed E-state index contributed by atoms with van der Waals surface area (Å²) in [7, 11) is -2.78. The van der Waals surface area contributed by atoms with Crippen LogP contribution in [0.5, 0.6) is 0 Å². The first-order valence-electron chi connectivity index (χ1n) is 16.0. The molecule has 12 nitrogen and oxygen atoms in total. The molecular weight excluding hydrogens is 636 g/mol. The molecule has 0 fully saturated rings. The predicted octanol–water partition coefficient (Wildman–Crippen LogP) is 5.73. The molecule has 0 aliphatic rings. The number of carbonyl (C=O) groups excluding carboxylic acids is 1. The average molecular weight is 681 g/mol. The summed E-state index contributed by atoms with van der Waals surface area (Å²) >= 11 is 0. The molecule has 13 heteroatoms. The van der Waals surface area contributed by atoms with Gasteiger partial charge in [-0.05, 0) is 63.8 Å². The van der Waals surface area contributed by atoms with Crippen LogP contribution in [-0.4, -0.2) is 56.1 Å². The summed E-state index contributed by atoms with van der Waals surface area (Å²) < 4.78 is 52.8. The number of benzene rings is 2. The van der Waals surface area contributed by atoms with Crippen molar-refractivity contribution in [3.05, 3.63) is 92.4 Å². The lowest BCUT2D eigenvalue weighted by molar-refractivity contribution is 0.0521. The topological polar surface area (TPSA) is 143 Å². The van der Waals surface area contributed by atoms with E-state index in [0.29, 0.717) is 47.0 Å².